The van der Waals surface area contributed by atoms with Gasteiger partial charge in [-0.05, 0) is 24.3 Å². The van der Waals surface area contributed by atoms with Gasteiger partial charge in [0.2, 0.25) is 0 Å². The molecule has 1 heterocycles. The van der Waals surface area contributed by atoms with Crippen LogP contribution < -0.4 is 10.1 Å². The minimum absolute atomic E-state index is 0.0120. The quantitative estimate of drug-likeness (QED) is 0.773. The van der Waals surface area contributed by atoms with Crippen LogP contribution in [0.4, 0.5) is 15.9 Å². The molecule has 0 atom stereocenters. The molecule has 0 bridgehead atoms. The minimum atomic E-state index is -0.345. The summed E-state index contributed by atoms with van der Waals surface area (Å²) in [6, 6.07) is 9.16. The number of aromatic hydroxyl groups is 1. The third-order valence-electron chi connectivity index (χ3n) is 3.02. The van der Waals surface area contributed by atoms with Crippen molar-refractivity contribution in [3.63, 3.8) is 0 Å². The van der Waals surface area contributed by atoms with Gasteiger partial charge in [-0.2, -0.15) is 0 Å². The molecular formula is C15H12FN3O2. The van der Waals surface area contributed by atoms with Crippen LogP contribution in [-0.4, -0.2) is 22.2 Å². The number of hydrogen-bond donors (Lipinski definition) is 2. The number of ether oxygens (including phenoxy) is 1. The van der Waals surface area contributed by atoms with Gasteiger partial charge in [-0.3, -0.25) is 0 Å². The lowest BCUT2D eigenvalue weighted by Crippen LogP contribution is -1.97. The third-order valence-corrected chi connectivity index (χ3v) is 3.02. The summed E-state index contributed by atoms with van der Waals surface area (Å²) >= 11 is 0. The molecule has 0 unspecified atom stereocenters. The van der Waals surface area contributed by atoms with Crippen LogP contribution in [0.25, 0.3) is 10.9 Å². The fourth-order valence-electron chi connectivity index (χ4n) is 2.04. The Morgan fingerprint density at radius 3 is 2.81 bits per heavy atom. The second kappa shape index (κ2) is 5.24. The Morgan fingerprint density at radius 2 is 2.05 bits per heavy atom. The average Bonchev–Trinajstić information content (AvgIpc) is 2.47. The van der Waals surface area contributed by atoms with Gasteiger partial charge in [-0.1, -0.05) is 6.07 Å². The molecule has 0 aliphatic carbocycles. The summed E-state index contributed by atoms with van der Waals surface area (Å²) in [5.41, 5.74) is 1.17. The summed E-state index contributed by atoms with van der Waals surface area (Å²) < 4.78 is 18.3. The van der Waals surface area contributed by atoms with Gasteiger partial charge in [0.15, 0.2) is 11.5 Å². The smallest absolute Gasteiger partial charge is 0.162 e. The highest BCUT2D eigenvalue weighted by atomic mass is 19.1. The van der Waals surface area contributed by atoms with E-state index in [1.165, 1.54) is 31.6 Å². The maximum Gasteiger partial charge on any atom is 0.162 e. The molecule has 1 aromatic heterocycles. The second-order valence-corrected chi connectivity index (χ2v) is 4.40. The number of rotatable bonds is 3. The number of fused-ring (bicyclic) bond motifs is 1. The van der Waals surface area contributed by atoms with E-state index in [9.17, 15) is 9.50 Å². The van der Waals surface area contributed by atoms with E-state index in [1.54, 1.807) is 18.2 Å². The summed E-state index contributed by atoms with van der Waals surface area (Å²) in [6.45, 7) is 0. The number of anilines is 2. The van der Waals surface area contributed by atoms with Gasteiger partial charge in [0.25, 0.3) is 0 Å². The number of hydrogen-bond acceptors (Lipinski definition) is 5. The molecule has 3 rings (SSSR count). The molecule has 0 saturated carbocycles. The monoisotopic (exact) mass is 285 g/mol. The summed E-state index contributed by atoms with van der Waals surface area (Å²) in [7, 11) is 1.47. The van der Waals surface area contributed by atoms with E-state index >= 15 is 0 Å². The van der Waals surface area contributed by atoms with Crippen molar-refractivity contribution in [1.82, 2.24) is 9.97 Å². The second-order valence-electron chi connectivity index (χ2n) is 4.40. The number of aromatic nitrogens is 2. The largest absolute Gasteiger partial charge is 0.504 e. The van der Waals surface area contributed by atoms with Gasteiger partial charge in [-0.25, -0.2) is 14.4 Å². The van der Waals surface area contributed by atoms with Gasteiger partial charge in [-0.15, -0.1) is 0 Å². The normalized spacial score (nSPS) is 10.6. The number of halogens is 1. The summed E-state index contributed by atoms with van der Waals surface area (Å²) in [4.78, 5) is 8.27. The topological polar surface area (TPSA) is 67.3 Å². The molecule has 0 radical (unpaired) electrons. The van der Waals surface area contributed by atoms with Gasteiger partial charge in [0.1, 0.15) is 18.0 Å². The molecule has 0 amide bonds. The van der Waals surface area contributed by atoms with Crippen molar-refractivity contribution in [3.8, 4) is 11.5 Å². The van der Waals surface area contributed by atoms with E-state index in [0.29, 0.717) is 28.2 Å². The zero-order valence-electron chi connectivity index (χ0n) is 11.2. The van der Waals surface area contributed by atoms with Crippen LogP contribution in [0.15, 0.2) is 42.7 Å². The summed E-state index contributed by atoms with van der Waals surface area (Å²) in [6.07, 6.45) is 1.39. The highest BCUT2D eigenvalue weighted by molar-refractivity contribution is 5.92. The lowest BCUT2D eigenvalue weighted by molar-refractivity contribution is 0.374. The Bertz CT molecular complexity index is 808. The molecule has 6 heteroatoms. The fourth-order valence-corrected chi connectivity index (χ4v) is 2.04. The van der Waals surface area contributed by atoms with Crippen molar-refractivity contribution in [1.29, 1.82) is 0 Å². The molecule has 106 valence electrons. The highest BCUT2D eigenvalue weighted by Gasteiger charge is 2.10. The summed E-state index contributed by atoms with van der Waals surface area (Å²) in [5.74, 6) is 0.450. The van der Waals surface area contributed by atoms with Crippen LogP contribution >= 0.6 is 0 Å². The first-order valence-corrected chi connectivity index (χ1v) is 6.21. The van der Waals surface area contributed by atoms with Crippen LogP contribution in [-0.2, 0) is 0 Å². The number of phenolic OH excluding ortho intramolecular Hbond substituents is 1. The van der Waals surface area contributed by atoms with E-state index < -0.39 is 0 Å². The zero-order chi connectivity index (χ0) is 14.8. The Morgan fingerprint density at radius 1 is 1.19 bits per heavy atom. The Labute approximate surface area is 120 Å². The number of benzene rings is 2. The van der Waals surface area contributed by atoms with Crippen molar-refractivity contribution in [2.75, 3.05) is 12.4 Å². The van der Waals surface area contributed by atoms with Gasteiger partial charge < -0.3 is 15.2 Å². The Balaban J connectivity index is 2.08. The molecule has 0 fully saturated rings. The standard InChI is InChI=1S/C15H12FN3O2/c1-21-14-7-12-11(6-13(14)20)15(18-8-17-12)19-10-4-2-3-9(16)5-10/h2-8,20H,1H3,(H,17,18,19). The molecule has 0 spiro atoms. The third kappa shape index (κ3) is 2.55. The Kier molecular flexibility index (Phi) is 3.27. The van der Waals surface area contributed by atoms with Crippen molar-refractivity contribution >= 4 is 22.4 Å². The van der Waals surface area contributed by atoms with Crippen LogP contribution in [0.1, 0.15) is 0 Å². The predicted octanol–water partition coefficient (Wildman–Crippen LogP) is 3.23. The molecule has 5 nitrogen and oxygen atoms in total. The predicted molar refractivity (Wildman–Crippen MR) is 77.4 cm³/mol. The van der Waals surface area contributed by atoms with E-state index in [4.69, 9.17) is 4.74 Å². The van der Waals surface area contributed by atoms with Gasteiger partial charge in [0.05, 0.1) is 12.6 Å². The number of nitrogens with one attached hydrogen (secondary N) is 1. The summed E-state index contributed by atoms with van der Waals surface area (Å²) in [5, 5.41) is 13.5. The minimum Gasteiger partial charge on any atom is -0.504 e. The van der Waals surface area contributed by atoms with E-state index in [0.717, 1.165) is 0 Å². The van der Waals surface area contributed by atoms with E-state index in [1.807, 2.05) is 0 Å². The molecule has 0 saturated heterocycles. The first-order chi connectivity index (χ1) is 10.2. The Hall–Kier alpha value is -2.89. The molecule has 3 aromatic rings. The van der Waals surface area contributed by atoms with E-state index in [2.05, 4.69) is 15.3 Å². The maximum atomic E-state index is 13.2. The lowest BCUT2D eigenvalue weighted by atomic mass is 10.2. The van der Waals surface area contributed by atoms with Crippen molar-refractivity contribution in [2.24, 2.45) is 0 Å². The highest BCUT2D eigenvalue weighted by Crippen LogP contribution is 2.33. The molecule has 21 heavy (non-hydrogen) atoms. The first kappa shape index (κ1) is 13.1. The number of nitrogens with zero attached hydrogens (tertiary/aromatic N) is 2. The van der Waals surface area contributed by atoms with Crippen molar-refractivity contribution in [2.45, 2.75) is 0 Å². The van der Waals surface area contributed by atoms with Crippen LogP contribution in [0.5, 0.6) is 11.5 Å². The van der Waals surface area contributed by atoms with Gasteiger partial charge in [0, 0.05) is 17.1 Å². The molecular weight excluding hydrogens is 273 g/mol. The maximum absolute atomic E-state index is 13.2. The molecule has 0 aliphatic heterocycles. The average molecular weight is 285 g/mol. The van der Waals surface area contributed by atoms with Crippen molar-refractivity contribution in [3.05, 3.63) is 48.5 Å². The lowest BCUT2D eigenvalue weighted by Gasteiger charge is -2.10. The van der Waals surface area contributed by atoms with Crippen LogP contribution in [0.2, 0.25) is 0 Å². The van der Waals surface area contributed by atoms with Crippen LogP contribution in [0.3, 0.4) is 0 Å². The van der Waals surface area contributed by atoms with Crippen molar-refractivity contribution < 1.29 is 14.2 Å². The zero-order valence-corrected chi connectivity index (χ0v) is 11.2. The number of phenols is 1. The van der Waals surface area contributed by atoms with Crippen LogP contribution in [0, 0.1) is 5.82 Å². The van der Waals surface area contributed by atoms with Gasteiger partial charge >= 0.3 is 0 Å². The SMILES string of the molecule is COc1cc2ncnc(Nc3cccc(F)c3)c2cc1O. The first-order valence-electron chi connectivity index (χ1n) is 6.21. The molecule has 2 aromatic carbocycles. The fraction of sp³-hybridized carbons (Fsp3) is 0.0667. The van der Waals surface area contributed by atoms with E-state index in [-0.39, 0.29) is 11.6 Å². The molecule has 2 N–H and O–H groups in total. The number of methoxy groups -OCH3 is 1. The molecule has 0 aliphatic rings.